The molecule has 0 spiro atoms. The zero-order chi connectivity index (χ0) is 18.0. The number of amides is 2. The molecule has 0 saturated heterocycles. The summed E-state index contributed by atoms with van der Waals surface area (Å²) in [6.07, 6.45) is -0.757. The minimum Gasteiger partial charge on any atom is -0.442 e. The topological polar surface area (TPSA) is 59.0 Å². The van der Waals surface area contributed by atoms with Crippen molar-refractivity contribution in [2.24, 2.45) is 4.99 Å². The first-order valence-electron chi connectivity index (χ1n) is 8.12. The van der Waals surface area contributed by atoms with Crippen LogP contribution in [-0.2, 0) is 16.1 Å². The molecule has 2 amide bonds. The molecule has 0 saturated carbocycles. The van der Waals surface area contributed by atoms with E-state index in [0.717, 1.165) is 11.3 Å². The third-order valence-corrected chi connectivity index (χ3v) is 3.68. The molecule has 0 unspecified atom stereocenters. The first-order valence-corrected chi connectivity index (χ1v) is 8.12. The Morgan fingerprint density at radius 3 is 2.36 bits per heavy atom. The van der Waals surface area contributed by atoms with Crippen LogP contribution in [0.4, 0.5) is 10.5 Å². The number of benzene rings is 2. The molecule has 0 aliphatic carbocycles. The Balaban J connectivity index is 1.94. The third kappa shape index (κ3) is 3.76. The summed E-state index contributed by atoms with van der Waals surface area (Å²) in [5.74, 6) is -0.295. The second-order valence-electron chi connectivity index (χ2n) is 6.83. The summed E-state index contributed by atoms with van der Waals surface area (Å²) < 4.78 is 5.22. The smallest absolute Gasteiger partial charge is 0.434 e. The molecule has 0 N–H and O–H groups in total. The maximum Gasteiger partial charge on any atom is 0.434 e. The molecule has 1 aliphatic rings. The van der Waals surface area contributed by atoms with E-state index in [4.69, 9.17) is 4.74 Å². The maximum absolute atomic E-state index is 12.9. The largest absolute Gasteiger partial charge is 0.442 e. The van der Waals surface area contributed by atoms with Gasteiger partial charge in [-0.2, -0.15) is 4.99 Å². The van der Waals surface area contributed by atoms with Crippen molar-refractivity contribution in [3.05, 3.63) is 65.7 Å². The van der Waals surface area contributed by atoms with Gasteiger partial charge in [-0.1, -0.05) is 48.5 Å². The molecule has 5 heteroatoms. The Hall–Kier alpha value is -2.95. The quantitative estimate of drug-likeness (QED) is 0.834. The molecular formula is C20H20N2O3. The second-order valence-corrected chi connectivity index (χ2v) is 6.83. The van der Waals surface area contributed by atoms with Crippen LogP contribution in [0.1, 0.15) is 31.9 Å². The maximum atomic E-state index is 12.9. The van der Waals surface area contributed by atoms with E-state index >= 15 is 0 Å². The molecule has 2 aromatic carbocycles. The summed E-state index contributed by atoms with van der Waals surface area (Å²) in [4.78, 5) is 30.5. The first kappa shape index (κ1) is 16.9. The summed E-state index contributed by atoms with van der Waals surface area (Å²) in [7, 11) is 0. The number of rotatable bonds is 2. The van der Waals surface area contributed by atoms with Crippen molar-refractivity contribution in [3.8, 4) is 0 Å². The highest BCUT2D eigenvalue weighted by atomic mass is 16.6. The van der Waals surface area contributed by atoms with Crippen LogP contribution in [0.25, 0.3) is 0 Å². The number of carbonyl (C=O) groups excluding carboxylic acids is 2. The van der Waals surface area contributed by atoms with Crippen LogP contribution < -0.4 is 4.90 Å². The fourth-order valence-electron chi connectivity index (χ4n) is 2.67. The van der Waals surface area contributed by atoms with Gasteiger partial charge in [-0.15, -0.1) is 0 Å². The summed E-state index contributed by atoms with van der Waals surface area (Å²) in [5, 5.41) is 0. The Kier molecular flexibility index (Phi) is 4.40. The van der Waals surface area contributed by atoms with Crippen molar-refractivity contribution in [1.29, 1.82) is 0 Å². The van der Waals surface area contributed by atoms with Crippen LogP contribution in [0.2, 0.25) is 0 Å². The van der Waals surface area contributed by atoms with Gasteiger partial charge in [-0.25, -0.2) is 4.79 Å². The molecule has 25 heavy (non-hydrogen) atoms. The fourth-order valence-corrected chi connectivity index (χ4v) is 2.67. The van der Waals surface area contributed by atoms with E-state index in [0.29, 0.717) is 12.1 Å². The van der Waals surface area contributed by atoms with E-state index in [9.17, 15) is 9.59 Å². The van der Waals surface area contributed by atoms with E-state index in [1.807, 2.05) is 48.5 Å². The van der Waals surface area contributed by atoms with Crippen molar-refractivity contribution in [1.82, 2.24) is 0 Å². The van der Waals surface area contributed by atoms with Crippen molar-refractivity contribution in [2.45, 2.75) is 32.9 Å². The third-order valence-electron chi connectivity index (χ3n) is 3.68. The monoisotopic (exact) mass is 336 g/mol. The first-order chi connectivity index (χ1) is 11.8. The number of hydrogen-bond acceptors (Lipinski definition) is 3. The van der Waals surface area contributed by atoms with Crippen molar-refractivity contribution in [3.63, 3.8) is 0 Å². The molecule has 5 nitrogen and oxygen atoms in total. The zero-order valence-corrected chi connectivity index (χ0v) is 14.5. The molecular weight excluding hydrogens is 316 g/mol. The van der Waals surface area contributed by atoms with Crippen molar-refractivity contribution >= 4 is 23.4 Å². The average molecular weight is 336 g/mol. The van der Waals surface area contributed by atoms with Crippen LogP contribution in [0.15, 0.2) is 59.6 Å². The molecule has 0 fully saturated rings. The lowest BCUT2D eigenvalue weighted by Crippen LogP contribution is -2.30. The number of fused-ring (bicyclic) bond motifs is 1. The van der Waals surface area contributed by atoms with Crippen LogP contribution >= 0.6 is 0 Å². The molecule has 1 aliphatic heterocycles. The second kappa shape index (κ2) is 6.51. The van der Waals surface area contributed by atoms with E-state index < -0.39 is 11.7 Å². The normalized spacial score (nSPS) is 15.4. The molecule has 0 radical (unpaired) electrons. The minimum absolute atomic E-state index is 0.126. The highest BCUT2D eigenvalue weighted by molar-refractivity contribution is 6.55. The van der Waals surface area contributed by atoms with Gasteiger partial charge in [0, 0.05) is 5.56 Å². The summed E-state index contributed by atoms with van der Waals surface area (Å²) >= 11 is 0. The zero-order valence-electron chi connectivity index (χ0n) is 14.5. The number of nitrogens with zero attached hydrogens (tertiary/aromatic N) is 2. The minimum atomic E-state index is -0.757. The van der Waals surface area contributed by atoms with Crippen LogP contribution in [0.3, 0.4) is 0 Å². The Morgan fingerprint density at radius 2 is 1.68 bits per heavy atom. The highest BCUT2D eigenvalue weighted by Gasteiger charge is 2.34. The van der Waals surface area contributed by atoms with E-state index in [2.05, 4.69) is 4.99 Å². The summed E-state index contributed by atoms with van der Waals surface area (Å²) in [6, 6.07) is 17.0. The lowest BCUT2D eigenvalue weighted by Gasteiger charge is -2.17. The number of anilines is 1. The Labute approximate surface area is 146 Å². The van der Waals surface area contributed by atoms with Gasteiger partial charge in [0.15, 0.2) is 0 Å². The lowest BCUT2D eigenvalue weighted by atomic mass is 10.1. The Bertz CT molecular complexity index is 836. The molecule has 0 atom stereocenters. The van der Waals surface area contributed by atoms with Crippen LogP contribution in [-0.4, -0.2) is 23.3 Å². The average Bonchev–Trinajstić information content (AvgIpc) is 2.80. The van der Waals surface area contributed by atoms with E-state index in [1.165, 1.54) is 0 Å². The SMILES string of the molecule is CC(C)(C)OC(=O)N=C1C(=O)N(Cc2ccccc2)c2ccccc21. The van der Waals surface area contributed by atoms with E-state index in [1.54, 1.807) is 31.7 Å². The van der Waals surface area contributed by atoms with Gasteiger partial charge in [0.1, 0.15) is 11.3 Å². The van der Waals surface area contributed by atoms with Crippen molar-refractivity contribution in [2.75, 3.05) is 4.90 Å². The number of para-hydroxylation sites is 1. The molecule has 128 valence electrons. The van der Waals surface area contributed by atoms with Gasteiger partial charge in [0.2, 0.25) is 0 Å². The van der Waals surface area contributed by atoms with Crippen LogP contribution in [0.5, 0.6) is 0 Å². The summed E-state index contributed by atoms with van der Waals surface area (Å²) in [6.45, 7) is 5.70. The predicted octanol–water partition coefficient (Wildman–Crippen LogP) is 3.96. The molecule has 3 rings (SSSR count). The van der Waals surface area contributed by atoms with Gasteiger partial charge < -0.3 is 9.64 Å². The molecule has 0 bridgehead atoms. The highest BCUT2D eigenvalue weighted by Crippen LogP contribution is 2.30. The van der Waals surface area contributed by atoms with Gasteiger partial charge in [0.25, 0.3) is 5.91 Å². The van der Waals surface area contributed by atoms with Gasteiger partial charge >= 0.3 is 6.09 Å². The van der Waals surface area contributed by atoms with Gasteiger partial charge in [-0.05, 0) is 32.4 Å². The number of ether oxygens (including phenoxy) is 1. The molecule has 0 aromatic heterocycles. The predicted molar refractivity (Wildman–Crippen MR) is 96.8 cm³/mol. The fraction of sp³-hybridized carbons (Fsp3) is 0.250. The number of carbonyl (C=O) groups is 2. The number of hydrogen-bond donors (Lipinski definition) is 0. The lowest BCUT2D eigenvalue weighted by molar-refractivity contribution is -0.112. The van der Waals surface area contributed by atoms with Gasteiger partial charge in [0.05, 0.1) is 12.2 Å². The van der Waals surface area contributed by atoms with Crippen molar-refractivity contribution < 1.29 is 14.3 Å². The van der Waals surface area contributed by atoms with E-state index in [-0.39, 0.29) is 11.6 Å². The van der Waals surface area contributed by atoms with Crippen LogP contribution in [0, 0.1) is 0 Å². The standard InChI is InChI=1S/C20H20N2O3/c1-20(2,3)25-19(24)21-17-15-11-7-8-12-16(15)22(18(17)23)13-14-9-5-4-6-10-14/h4-12H,13H2,1-3H3. The molecule has 2 aromatic rings. The molecule has 1 heterocycles. The Morgan fingerprint density at radius 1 is 1.04 bits per heavy atom. The van der Waals surface area contributed by atoms with Gasteiger partial charge in [-0.3, -0.25) is 4.79 Å². The number of aliphatic imine (C=N–C) groups is 1. The summed E-state index contributed by atoms with van der Waals surface area (Å²) in [5.41, 5.74) is 1.87.